The van der Waals surface area contributed by atoms with Gasteiger partial charge in [-0.3, -0.25) is 0 Å². The zero-order valence-corrected chi connectivity index (χ0v) is 8.77. The van der Waals surface area contributed by atoms with Crippen molar-refractivity contribution in [2.45, 2.75) is 6.43 Å². The Morgan fingerprint density at radius 1 is 1.44 bits per heavy atom. The molecule has 0 saturated carbocycles. The van der Waals surface area contributed by atoms with Crippen molar-refractivity contribution in [2.24, 2.45) is 5.10 Å². The zero-order chi connectivity index (χ0) is 11.7. The number of halogens is 2. The second kappa shape index (κ2) is 4.05. The lowest BCUT2D eigenvalue weighted by atomic mass is 10.1. The SMILES string of the molecule is CN1CC=NN1c1ccc(N)cc1C(F)F. The molecule has 0 unspecified atom stereocenters. The van der Waals surface area contributed by atoms with Gasteiger partial charge < -0.3 is 5.73 Å². The van der Waals surface area contributed by atoms with E-state index in [-0.39, 0.29) is 5.56 Å². The van der Waals surface area contributed by atoms with Crippen LogP contribution in [0.4, 0.5) is 20.2 Å². The van der Waals surface area contributed by atoms with E-state index in [0.717, 1.165) is 0 Å². The molecule has 0 bridgehead atoms. The third kappa shape index (κ3) is 1.83. The van der Waals surface area contributed by atoms with Crippen LogP contribution in [0.25, 0.3) is 0 Å². The van der Waals surface area contributed by atoms with Crippen molar-refractivity contribution in [3.8, 4) is 0 Å². The molecule has 0 spiro atoms. The molecule has 0 atom stereocenters. The Kier molecular flexibility index (Phi) is 2.74. The van der Waals surface area contributed by atoms with Crippen LogP contribution in [0.5, 0.6) is 0 Å². The molecule has 0 fully saturated rings. The molecule has 16 heavy (non-hydrogen) atoms. The molecule has 4 nitrogen and oxygen atoms in total. The van der Waals surface area contributed by atoms with Gasteiger partial charge in [0.05, 0.1) is 12.2 Å². The molecule has 0 aliphatic carbocycles. The summed E-state index contributed by atoms with van der Waals surface area (Å²) in [7, 11) is 1.78. The highest BCUT2D eigenvalue weighted by Gasteiger charge is 2.22. The fourth-order valence-electron chi connectivity index (χ4n) is 1.57. The predicted molar refractivity (Wildman–Crippen MR) is 59.4 cm³/mol. The summed E-state index contributed by atoms with van der Waals surface area (Å²) >= 11 is 0. The number of nitrogens with zero attached hydrogens (tertiary/aromatic N) is 3. The molecule has 1 aliphatic heterocycles. The zero-order valence-electron chi connectivity index (χ0n) is 8.77. The Hall–Kier alpha value is -1.69. The number of hydrogen-bond acceptors (Lipinski definition) is 4. The molecular formula is C10H12F2N4. The summed E-state index contributed by atoms with van der Waals surface area (Å²) in [4.78, 5) is 0. The first-order valence-electron chi connectivity index (χ1n) is 4.81. The van der Waals surface area contributed by atoms with Gasteiger partial charge in [0, 0.05) is 24.5 Å². The van der Waals surface area contributed by atoms with Gasteiger partial charge in [-0.05, 0) is 18.2 Å². The summed E-state index contributed by atoms with van der Waals surface area (Å²) in [5, 5.41) is 7.20. The van der Waals surface area contributed by atoms with Gasteiger partial charge in [0.25, 0.3) is 6.43 Å². The predicted octanol–water partition coefficient (Wildman–Crippen LogP) is 1.86. The molecule has 2 N–H and O–H groups in total. The monoisotopic (exact) mass is 226 g/mol. The minimum atomic E-state index is -2.57. The van der Waals surface area contributed by atoms with Gasteiger partial charge in [-0.25, -0.2) is 8.78 Å². The van der Waals surface area contributed by atoms with Crippen LogP contribution < -0.4 is 10.9 Å². The quantitative estimate of drug-likeness (QED) is 0.783. The molecule has 0 saturated heterocycles. The van der Waals surface area contributed by atoms with Gasteiger partial charge in [0.15, 0.2) is 0 Å². The highest BCUT2D eigenvalue weighted by molar-refractivity contribution is 5.68. The fraction of sp³-hybridized carbons (Fsp3) is 0.300. The molecule has 6 heteroatoms. The average molecular weight is 226 g/mol. The van der Waals surface area contributed by atoms with Crippen molar-refractivity contribution in [1.29, 1.82) is 0 Å². The largest absolute Gasteiger partial charge is 0.399 e. The minimum absolute atomic E-state index is 0.106. The summed E-state index contributed by atoms with van der Waals surface area (Å²) in [6.07, 6.45) is -0.909. The van der Waals surface area contributed by atoms with Crippen LogP contribution in [-0.2, 0) is 0 Å². The van der Waals surface area contributed by atoms with Crippen LogP contribution in [0.3, 0.4) is 0 Å². The van der Waals surface area contributed by atoms with Gasteiger partial charge in [0.1, 0.15) is 0 Å². The van der Waals surface area contributed by atoms with Gasteiger partial charge in [-0.1, -0.05) is 0 Å². The lowest BCUT2D eigenvalue weighted by Gasteiger charge is -2.25. The molecule has 1 aromatic carbocycles. The molecule has 0 radical (unpaired) electrons. The first kappa shape index (κ1) is 10.8. The summed E-state index contributed by atoms with van der Waals surface area (Å²) in [5.41, 5.74) is 6.07. The highest BCUT2D eigenvalue weighted by Crippen LogP contribution is 2.32. The van der Waals surface area contributed by atoms with E-state index in [1.807, 2.05) is 0 Å². The Labute approximate surface area is 91.9 Å². The second-order valence-corrected chi connectivity index (χ2v) is 3.55. The van der Waals surface area contributed by atoms with Crippen molar-refractivity contribution in [2.75, 3.05) is 24.4 Å². The van der Waals surface area contributed by atoms with E-state index in [2.05, 4.69) is 5.10 Å². The normalized spacial score (nSPS) is 16.4. The third-order valence-corrected chi connectivity index (χ3v) is 2.36. The van der Waals surface area contributed by atoms with Gasteiger partial charge in [-0.15, -0.1) is 0 Å². The number of benzene rings is 1. The number of nitrogens with two attached hydrogens (primary N) is 1. The van der Waals surface area contributed by atoms with Crippen molar-refractivity contribution < 1.29 is 8.78 Å². The summed E-state index contributed by atoms with van der Waals surface area (Å²) in [6.45, 7) is 0.604. The number of hydrogen-bond donors (Lipinski definition) is 1. The first-order valence-corrected chi connectivity index (χ1v) is 4.81. The lowest BCUT2D eigenvalue weighted by molar-refractivity contribution is 0.151. The standard InChI is InChI=1S/C10H12F2N4/c1-15-5-4-14-16(15)9-3-2-7(13)6-8(9)10(11)12/h2-4,6,10H,5,13H2,1H3. The number of rotatable bonds is 2. The summed E-state index contributed by atoms with van der Waals surface area (Å²) in [5.74, 6) is 0. The van der Waals surface area contributed by atoms with Crippen LogP contribution in [0, 0.1) is 0 Å². The number of nitrogen functional groups attached to an aromatic ring is 1. The Bertz CT molecular complexity index is 419. The van der Waals surface area contributed by atoms with E-state index >= 15 is 0 Å². The van der Waals surface area contributed by atoms with E-state index in [1.54, 1.807) is 30.4 Å². The Balaban J connectivity index is 2.43. The van der Waals surface area contributed by atoms with Crippen LogP contribution in [0.1, 0.15) is 12.0 Å². The molecule has 0 amide bonds. The molecular weight excluding hydrogens is 214 g/mol. The van der Waals surface area contributed by atoms with Crippen LogP contribution >= 0.6 is 0 Å². The topological polar surface area (TPSA) is 44.9 Å². The van der Waals surface area contributed by atoms with E-state index < -0.39 is 6.43 Å². The molecule has 86 valence electrons. The Morgan fingerprint density at radius 2 is 2.19 bits per heavy atom. The smallest absolute Gasteiger partial charge is 0.266 e. The molecule has 1 heterocycles. The van der Waals surface area contributed by atoms with Crippen LogP contribution in [0.2, 0.25) is 0 Å². The third-order valence-electron chi connectivity index (χ3n) is 2.36. The van der Waals surface area contributed by atoms with Crippen molar-refractivity contribution >= 4 is 17.6 Å². The van der Waals surface area contributed by atoms with E-state index in [4.69, 9.17) is 5.73 Å². The number of alkyl halides is 2. The summed E-state index contributed by atoms with van der Waals surface area (Å²) in [6, 6.07) is 4.42. The van der Waals surface area contributed by atoms with Crippen molar-refractivity contribution in [3.63, 3.8) is 0 Å². The average Bonchev–Trinajstić information content (AvgIpc) is 2.64. The van der Waals surface area contributed by atoms with Crippen LogP contribution in [0.15, 0.2) is 23.3 Å². The van der Waals surface area contributed by atoms with Gasteiger partial charge >= 0.3 is 0 Å². The van der Waals surface area contributed by atoms with Gasteiger partial charge in [-0.2, -0.15) is 15.2 Å². The maximum Gasteiger partial charge on any atom is 0.266 e. The van der Waals surface area contributed by atoms with E-state index in [1.165, 1.54) is 11.2 Å². The number of hydrazone groups is 1. The molecule has 1 aliphatic rings. The summed E-state index contributed by atoms with van der Waals surface area (Å²) < 4.78 is 25.7. The Morgan fingerprint density at radius 3 is 2.75 bits per heavy atom. The minimum Gasteiger partial charge on any atom is -0.399 e. The molecule has 1 aromatic rings. The van der Waals surface area contributed by atoms with Crippen molar-refractivity contribution in [1.82, 2.24) is 5.01 Å². The van der Waals surface area contributed by atoms with Crippen LogP contribution in [-0.4, -0.2) is 24.8 Å². The first-order chi connectivity index (χ1) is 7.59. The second-order valence-electron chi connectivity index (χ2n) is 3.55. The van der Waals surface area contributed by atoms with Crippen molar-refractivity contribution in [3.05, 3.63) is 23.8 Å². The maximum absolute atomic E-state index is 12.8. The number of hydrazine groups is 1. The number of anilines is 2. The molecule has 0 aromatic heterocycles. The van der Waals surface area contributed by atoms with Gasteiger partial charge in [0.2, 0.25) is 0 Å². The molecule has 2 rings (SSSR count). The van der Waals surface area contributed by atoms with E-state index in [0.29, 0.717) is 17.9 Å². The lowest BCUT2D eigenvalue weighted by Crippen LogP contribution is -2.32. The highest BCUT2D eigenvalue weighted by atomic mass is 19.3. The fourth-order valence-corrected chi connectivity index (χ4v) is 1.57. The maximum atomic E-state index is 12.8. The van der Waals surface area contributed by atoms with E-state index in [9.17, 15) is 8.78 Å².